The molecule has 0 spiro atoms. The number of fused-ring (bicyclic) bond motifs is 2. The second-order valence-corrected chi connectivity index (χ2v) is 7.21. The van der Waals surface area contributed by atoms with E-state index in [-0.39, 0.29) is 12.7 Å². The summed E-state index contributed by atoms with van der Waals surface area (Å²) in [5, 5.41) is 1.23. The lowest BCUT2D eigenvalue weighted by Crippen LogP contribution is -2.33. The number of ether oxygens (including phenoxy) is 3. The lowest BCUT2D eigenvalue weighted by Gasteiger charge is -2.23. The molecule has 0 bridgehead atoms. The highest BCUT2D eigenvalue weighted by Gasteiger charge is 2.17. The molecule has 1 amide bonds. The van der Waals surface area contributed by atoms with Crippen LogP contribution in [0, 0.1) is 0 Å². The van der Waals surface area contributed by atoms with E-state index in [2.05, 4.69) is 17.1 Å². The van der Waals surface area contributed by atoms with Crippen LogP contribution in [0.2, 0.25) is 0 Å². The summed E-state index contributed by atoms with van der Waals surface area (Å²) in [5.41, 5.74) is 3.42. The molecule has 0 aliphatic carbocycles. The first-order valence-electron chi connectivity index (χ1n) is 9.95. The number of aromatic nitrogens is 1. The van der Waals surface area contributed by atoms with Gasteiger partial charge >= 0.3 is 0 Å². The quantitative estimate of drug-likeness (QED) is 0.598. The van der Waals surface area contributed by atoms with Gasteiger partial charge in [-0.25, -0.2) is 0 Å². The van der Waals surface area contributed by atoms with Gasteiger partial charge in [0, 0.05) is 43.7 Å². The van der Waals surface area contributed by atoms with E-state index < -0.39 is 0 Å². The molecule has 0 saturated carbocycles. The van der Waals surface area contributed by atoms with Crippen LogP contribution in [0.4, 0.5) is 0 Å². The Labute approximate surface area is 170 Å². The Kier molecular flexibility index (Phi) is 6.00. The smallest absolute Gasteiger partial charge is 0.231 e. The Balaban J connectivity index is 1.36. The van der Waals surface area contributed by atoms with Crippen molar-refractivity contribution in [2.24, 2.45) is 0 Å². The number of rotatable bonds is 9. The fourth-order valence-electron chi connectivity index (χ4n) is 3.68. The average molecular weight is 394 g/mol. The van der Waals surface area contributed by atoms with Crippen molar-refractivity contribution in [1.82, 2.24) is 9.88 Å². The topological polar surface area (TPSA) is 63.8 Å². The third-order valence-corrected chi connectivity index (χ3v) is 5.24. The number of methoxy groups -OCH3 is 1. The third kappa shape index (κ3) is 4.54. The number of amides is 1. The van der Waals surface area contributed by atoms with Crippen LogP contribution in [0.3, 0.4) is 0 Å². The van der Waals surface area contributed by atoms with Gasteiger partial charge in [-0.2, -0.15) is 0 Å². The first-order valence-corrected chi connectivity index (χ1v) is 9.95. The number of nitrogens with one attached hydrogen (secondary N) is 1. The fourth-order valence-corrected chi connectivity index (χ4v) is 3.68. The molecule has 0 saturated heterocycles. The summed E-state index contributed by atoms with van der Waals surface area (Å²) in [4.78, 5) is 18.0. The van der Waals surface area contributed by atoms with E-state index in [1.807, 2.05) is 41.4 Å². The number of H-pyrrole nitrogens is 1. The zero-order chi connectivity index (χ0) is 20.1. The first kappa shape index (κ1) is 19.3. The second kappa shape index (κ2) is 9.01. The van der Waals surface area contributed by atoms with E-state index in [0.717, 1.165) is 35.4 Å². The standard InChI is InChI=1S/C23H26N2O4/c1-27-12-11-25(15-17-9-10-21-22(13-17)29-16-28-21)23(26)8-4-5-18-14-24-20-7-3-2-6-19(18)20/h2-3,6-7,9-10,13-14,24H,4-5,8,11-12,15-16H2,1H3. The Morgan fingerprint density at radius 1 is 1.17 bits per heavy atom. The largest absolute Gasteiger partial charge is 0.454 e. The fraction of sp³-hybridized carbons (Fsp3) is 0.348. The van der Waals surface area contributed by atoms with E-state index >= 15 is 0 Å². The number of nitrogens with zero attached hydrogens (tertiary/aromatic N) is 1. The van der Waals surface area contributed by atoms with Gasteiger partial charge in [-0.15, -0.1) is 0 Å². The average Bonchev–Trinajstić information content (AvgIpc) is 3.37. The van der Waals surface area contributed by atoms with Crippen molar-refractivity contribution in [1.29, 1.82) is 0 Å². The predicted molar refractivity (Wildman–Crippen MR) is 111 cm³/mol. The molecule has 2 aromatic carbocycles. The van der Waals surface area contributed by atoms with Gasteiger partial charge in [-0.1, -0.05) is 24.3 Å². The highest BCUT2D eigenvalue weighted by molar-refractivity contribution is 5.83. The van der Waals surface area contributed by atoms with E-state index in [0.29, 0.717) is 26.1 Å². The Morgan fingerprint density at radius 3 is 2.93 bits per heavy atom. The van der Waals surface area contributed by atoms with Crippen molar-refractivity contribution in [3.8, 4) is 11.5 Å². The molecule has 4 rings (SSSR count). The van der Waals surface area contributed by atoms with Crippen LogP contribution in [0.25, 0.3) is 10.9 Å². The van der Waals surface area contributed by atoms with Gasteiger partial charge in [0.2, 0.25) is 12.7 Å². The summed E-state index contributed by atoms with van der Waals surface area (Å²) in [6, 6.07) is 14.1. The maximum Gasteiger partial charge on any atom is 0.231 e. The van der Waals surface area contributed by atoms with E-state index in [1.165, 1.54) is 10.9 Å². The second-order valence-electron chi connectivity index (χ2n) is 7.21. The number of para-hydroxylation sites is 1. The molecule has 2 heterocycles. The van der Waals surface area contributed by atoms with Crippen LogP contribution in [0.15, 0.2) is 48.7 Å². The number of aryl methyl sites for hydroxylation is 1. The SMILES string of the molecule is COCCN(Cc1ccc2c(c1)OCO2)C(=O)CCCc1c[nH]c2ccccc12. The van der Waals surface area contributed by atoms with Gasteiger partial charge in [0.25, 0.3) is 0 Å². The Morgan fingerprint density at radius 2 is 2.03 bits per heavy atom. The summed E-state index contributed by atoms with van der Waals surface area (Å²) in [5.74, 6) is 1.63. The molecule has 0 radical (unpaired) electrons. The van der Waals surface area contributed by atoms with Crippen molar-refractivity contribution in [2.75, 3.05) is 27.1 Å². The van der Waals surface area contributed by atoms with E-state index in [9.17, 15) is 4.79 Å². The summed E-state index contributed by atoms with van der Waals surface area (Å²) >= 11 is 0. The van der Waals surface area contributed by atoms with Crippen LogP contribution in [0.1, 0.15) is 24.0 Å². The van der Waals surface area contributed by atoms with Gasteiger partial charge in [0.15, 0.2) is 11.5 Å². The van der Waals surface area contributed by atoms with Crippen LogP contribution < -0.4 is 9.47 Å². The van der Waals surface area contributed by atoms with Crippen molar-refractivity contribution < 1.29 is 19.0 Å². The summed E-state index contributed by atoms with van der Waals surface area (Å²) < 4.78 is 16.0. The summed E-state index contributed by atoms with van der Waals surface area (Å²) in [7, 11) is 1.65. The lowest BCUT2D eigenvalue weighted by atomic mass is 10.1. The molecule has 3 aromatic rings. The Bertz CT molecular complexity index is 982. The molecule has 1 aliphatic heterocycles. The number of aromatic amines is 1. The summed E-state index contributed by atoms with van der Waals surface area (Å²) in [6.45, 7) is 1.86. The Hall–Kier alpha value is -2.99. The van der Waals surface area contributed by atoms with Crippen molar-refractivity contribution in [2.45, 2.75) is 25.8 Å². The lowest BCUT2D eigenvalue weighted by molar-refractivity contribution is -0.132. The molecule has 0 atom stereocenters. The van der Waals surface area contributed by atoms with Crippen LogP contribution in [-0.2, 0) is 22.5 Å². The molecule has 152 valence electrons. The number of carbonyl (C=O) groups excluding carboxylic acids is 1. The molecule has 1 N–H and O–H groups in total. The van der Waals surface area contributed by atoms with E-state index in [1.54, 1.807) is 7.11 Å². The molecule has 29 heavy (non-hydrogen) atoms. The number of carbonyl (C=O) groups is 1. The van der Waals surface area contributed by atoms with Crippen molar-refractivity contribution in [3.63, 3.8) is 0 Å². The van der Waals surface area contributed by atoms with Gasteiger partial charge in [-0.05, 0) is 42.2 Å². The van der Waals surface area contributed by atoms with Gasteiger partial charge < -0.3 is 24.1 Å². The molecule has 1 aromatic heterocycles. The van der Waals surface area contributed by atoms with Crippen LogP contribution in [0.5, 0.6) is 11.5 Å². The van der Waals surface area contributed by atoms with Crippen molar-refractivity contribution >= 4 is 16.8 Å². The normalized spacial score (nSPS) is 12.4. The summed E-state index contributed by atoms with van der Waals surface area (Å²) in [6.07, 6.45) is 4.24. The van der Waals surface area contributed by atoms with Gasteiger partial charge in [0.1, 0.15) is 0 Å². The minimum Gasteiger partial charge on any atom is -0.454 e. The first-order chi connectivity index (χ1) is 14.2. The predicted octanol–water partition coefficient (Wildman–Crippen LogP) is 3.89. The molecule has 1 aliphatic rings. The maximum absolute atomic E-state index is 12.9. The van der Waals surface area contributed by atoms with Crippen LogP contribution in [-0.4, -0.2) is 42.8 Å². The number of hydrogen-bond donors (Lipinski definition) is 1. The number of benzene rings is 2. The zero-order valence-electron chi connectivity index (χ0n) is 16.6. The third-order valence-electron chi connectivity index (χ3n) is 5.24. The minimum atomic E-state index is 0.138. The molecule has 0 unspecified atom stereocenters. The highest BCUT2D eigenvalue weighted by atomic mass is 16.7. The maximum atomic E-state index is 12.9. The zero-order valence-corrected chi connectivity index (χ0v) is 16.6. The number of hydrogen-bond acceptors (Lipinski definition) is 4. The highest BCUT2D eigenvalue weighted by Crippen LogP contribution is 2.32. The molecular formula is C23H26N2O4. The van der Waals surface area contributed by atoms with Crippen LogP contribution >= 0.6 is 0 Å². The minimum absolute atomic E-state index is 0.138. The molecule has 0 fully saturated rings. The van der Waals surface area contributed by atoms with Gasteiger partial charge in [0.05, 0.1) is 6.61 Å². The monoisotopic (exact) mass is 394 g/mol. The van der Waals surface area contributed by atoms with Gasteiger partial charge in [-0.3, -0.25) is 4.79 Å². The van der Waals surface area contributed by atoms with E-state index in [4.69, 9.17) is 14.2 Å². The molecule has 6 heteroatoms. The molecular weight excluding hydrogens is 368 g/mol. The van der Waals surface area contributed by atoms with Crippen molar-refractivity contribution in [3.05, 3.63) is 59.8 Å². The molecule has 6 nitrogen and oxygen atoms in total.